The van der Waals surface area contributed by atoms with Crippen molar-refractivity contribution in [1.82, 2.24) is 0 Å². The van der Waals surface area contributed by atoms with Crippen LogP contribution in [0, 0.1) is 0 Å². The number of rotatable bonds is 48. The van der Waals surface area contributed by atoms with Gasteiger partial charge in [-0.3, -0.25) is 9.59 Å². The van der Waals surface area contributed by atoms with Gasteiger partial charge in [-0.2, -0.15) is 0 Å². The van der Waals surface area contributed by atoms with Crippen molar-refractivity contribution in [3.05, 3.63) is 97.2 Å². The molecule has 0 saturated heterocycles. The Hall–Kier alpha value is -3.18. The minimum absolute atomic E-state index is 0.0611. The lowest BCUT2D eigenvalue weighted by Crippen LogP contribution is -2.30. The quantitative estimate of drug-likeness (QED) is 0.0346. The second kappa shape index (κ2) is 54.2. The summed E-state index contributed by atoms with van der Waals surface area (Å²) >= 11 is 0. The number of allylic oxidation sites excluding steroid dienone is 16. The third kappa shape index (κ3) is 51.5. The number of carbonyl (C=O) groups is 2. The standard InChI is InChI=1S/C59H100O5/c1-4-7-10-13-16-19-22-25-27-29-30-32-33-35-37-40-43-46-49-52-58(60)63-56-57(55-62-54-51-48-45-42-39-24-21-18-15-12-9-6-3)64-59(61)53-50-47-44-41-38-36-34-31-28-26-23-20-17-14-11-8-5-2/h7-8,10-11,16-17,19-20,25-28,30,32,35,37,57H,4-6,9,12-15,18,21-24,29,31,33-34,36,38-56H2,1-3H3/b10-7-,11-8-,19-16-,20-17-,27-25-,28-26-,32-30-,37-35-. The smallest absolute Gasteiger partial charge is 0.306 e. The number of ether oxygens (including phenoxy) is 3. The average molecular weight is 889 g/mol. The van der Waals surface area contributed by atoms with Crippen molar-refractivity contribution in [3.63, 3.8) is 0 Å². The molecule has 0 N–H and O–H groups in total. The van der Waals surface area contributed by atoms with E-state index in [0.29, 0.717) is 19.4 Å². The maximum atomic E-state index is 12.8. The zero-order valence-electron chi connectivity index (χ0n) is 42.0. The van der Waals surface area contributed by atoms with E-state index in [0.717, 1.165) is 116 Å². The predicted octanol–water partition coefficient (Wildman–Crippen LogP) is 18.2. The first-order valence-electron chi connectivity index (χ1n) is 26.8. The summed E-state index contributed by atoms with van der Waals surface area (Å²) in [5.74, 6) is -0.444. The first-order valence-corrected chi connectivity index (χ1v) is 26.8. The third-order valence-electron chi connectivity index (χ3n) is 11.1. The predicted molar refractivity (Wildman–Crippen MR) is 279 cm³/mol. The van der Waals surface area contributed by atoms with E-state index < -0.39 is 6.10 Å². The van der Waals surface area contributed by atoms with Gasteiger partial charge in [0.15, 0.2) is 6.10 Å². The van der Waals surface area contributed by atoms with Gasteiger partial charge in [-0.05, 0) is 96.3 Å². The molecule has 0 aliphatic heterocycles. The summed E-state index contributed by atoms with van der Waals surface area (Å²) < 4.78 is 17.4. The molecule has 0 aliphatic carbocycles. The Labute approximate surface area is 396 Å². The number of hydrogen-bond donors (Lipinski definition) is 0. The van der Waals surface area contributed by atoms with Crippen molar-refractivity contribution in [1.29, 1.82) is 0 Å². The van der Waals surface area contributed by atoms with Crippen LogP contribution in [-0.2, 0) is 23.8 Å². The summed E-state index contributed by atoms with van der Waals surface area (Å²) in [5.41, 5.74) is 0. The van der Waals surface area contributed by atoms with Crippen LogP contribution in [0.5, 0.6) is 0 Å². The van der Waals surface area contributed by atoms with Crippen molar-refractivity contribution in [2.75, 3.05) is 19.8 Å². The van der Waals surface area contributed by atoms with Crippen LogP contribution in [0.2, 0.25) is 0 Å². The molecule has 0 rings (SSSR count). The van der Waals surface area contributed by atoms with Crippen molar-refractivity contribution >= 4 is 11.9 Å². The maximum Gasteiger partial charge on any atom is 0.306 e. The molecule has 5 heteroatoms. The third-order valence-corrected chi connectivity index (χ3v) is 11.1. The van der Waals surface area contributed by atoms with E-state index in [-0.39, 0.29) is 25.2 Å². The molecule has 1 unspecified atom stereocenters. The highest BCUT2D eigenvalue weighted by molar-refractivity contribution is 5.70. The number of carbonyl (C=O) groups excluding carboxylic acids is 2. The topological polar surface area (TPSA) is 61.8 Å². The minimum atomic E-state index is -0.558. The fourth-order valence-electron chi connectivity index (χ4n) is 7.20. The summed E-state index contributed by atoms with van der Waals surface area (Å²) in [6.07, 6.45) is 72.7. The molecular weight excluding hydrogens is 789 g/mol. The fourth-order valence-corrected chi connectivity index (χ4v) is 7.20. The largest absolute Gasteiger partial charge is 0.462 e. The normalized spacial score (nSPS) is 13.0. The first kappa shape index (κ1) is 60.8. The molecule has 0 spiro atoms. The lowest BCUT2D eigenvalue weighted by atomic mass is 10.1. The highest BCUT2D eigenvalue weighted by Gasteiger charge is 2.17. The van der Waals surface area contributed by atoms with Crippen LogP contribution >= 0.6 is 0 Å². The van der Waals surface area contributed by atoms with E-state index in [1.807, 2.05) is 0 Å². The van der Waals surface area contributed by atoms with Crippen molar-refractivity contribution in [2.24, 2.45) is 0 Å². The van der Waals surface area contributed by atoms with E-state index in [9.17, 15) is 9.59 Å². The molecule has 64 heavy (non-hydrogen) atoms. The van der Waals surface area contributed by atoms with Gasteiger partial charge in [-0.1, -0.05) is 227 Å². The molecule has 0 aromatic carbocycles. The molecule has 0 aromatic heterocycles. The van der Waals surface area contributed by atoms with Gasteiger partial charge in [0.05, 0.1) is 6.61 Å². The first-order chi connectivity index (χ1) is 31.6. The molecule has 5 nitrogen and oxygen atoms in total. The molecule has 1 atom stereocenters. The van der Waals surface area contributed by atoms with Gasteiger partial charge in [-0.25, -0.2) is 0 Å². The fraction of sp³-hybridized carbons (Fsp3) is 0.695. The zero-order valence-corrected chi connectivity index (χ0v) is 42.0. The molecular formula is C59H100O5. The lowest BCUT2D eigenvalue weighted by Gasteiger charge is -2.18. The molecule has 0 fully saturated rings. The molecule has 0 radical (unpaired) electrons. The lowest BCUT2D eigenvalue weighted by molar-refractivity contribution is -0.163. The highest BCUT2D eigenvalue weighted by Crippen LogP contribution is 2.14. The van der Waals surface area contributed by atoms with Crippen LogP contribution in [-0.4, -0.2) is 37.9 Å². The summed E-state index contributed by atoms with van der Waals surface area (Å²) in [7, 11) is 0. The van der Waals surface area contributed by atoms with Gasteiger partial charge in [0.1, 0.15) is 6.61 Å². The second-order valence-electron chi connectivity index (χ2n) is 17.4. The van der Waals surface area contributed by atoms with Crippen LogP contribution in [0.4, 0.5) is 0 Å². The van der Waals surface area contributed by atoms with E-state index in [1.165, 1.54) is 89.9 Å². The van der Waals surface area contributed by atoms with Crippen molar-refractivity contribution < 1.29 is 23.8 Å². The Balaban J connectivity index is 4.34. The number of hydrogen-bond acceptors (Lipinski definition) is 5. The summed E-state index contributed by atoms with van der Waals surface area (Å²) in [6, 6.07) is 0. The van der Waals surface area contributed by atoms with Crippen LogP contribution in [0.1, 0.15) is 239 Å². The van der Waals surface area contributed by atoms with Crippen molar-refractivity contribution in [2.45, 2.75) is 245 Å². The van der Waals surface area contributed by atoms with Crippen LogP contribution in [0.15, 0.2) is 97.2 Å². The Morgan fingerprint density at radius 1 is 0.359 bits per heavy atom. The Bertz CT molecular complexity index is 1230. The van der Waals surface area contributed by atoms with E-state index in [4.69, 9.17) is 14.2 Å². The number of unbranched alkanes of at least 4 members (excludes halogenated alkanes) is 21. The summed E-state index contributed by atoms with van der Waals surface area (Å²) in [5, 5.41) is 0. The van der Waals surface area contributed by atoms with Gasteiger partial charge in [0, 0.05) is 19.4 Å². The van der Waals surface area contributed by atoms with Gasteiger partial charge in [0.2, 0.25) is 0 Å². The molecule has 0 aromatic rings. The maximum absolute atomic E-state index is 12.8. The average Bonchev–Trinajstić information content (AvgIpc) is 3.30. The van der Waals surface area contributed by atoms with Gasteiger partial charge in [-0.15, -0.1) is 0 Å². The highest BCUT2D eigenvalue weighted by atomic mass is 16.6. The van der Waals surface area contributed by atoms with Crippen molar-refractivity contribution in [3.8, 4) is 0 Å². The van der Waals surface area contributed by atoms with Gasteiger partial charge >= 0.3 is 11.9 Å². The summed E-state index contributed by atoms with van der Waals surface area (Å²) in [4.78, 5) is 25.4. The minimum Gasteiger partial charge on any atom is -0.462 e. The number of esters is 2. The zero-order chi connectivity index (χ0) is 46.3. The SMILES string of the molecule is CC/C=C\C/C=C\C/C=C\C/C=C\C/C=C\CCCCCC(=O)OCC(COCCCCCCCCCCCCCC)OC(=O)CCCCCCCCC/C=C\C/C=C\C/C=C\CC. The van der Waals surface area contributed by atoms with Crippen LogP contribution < -0.4 is 0 Å². The molecule has 0 saturated carbocycles. The second-order valence-corrected chi connectivity index (χ2v) is 17.4. The van der Waals surface area contributed by atoms with E-state index in [2.05, 4.69) is 118 Å². The van der Waals surface area contributed by atoms with E-state index in [1.54, 1.807) is 0 Å². The van der Waals surface area contributed by atoms with Gasteiger partial charge < -0.3 is 14.2 Å². The Morgan fingerprint density at radius 2 is 0.703 bits per heavy atom. The molecule has 0 heterocycles. The van der Waals surface area contributed by atoms with Crippen LogP contribution in [0.25, 0.3) is 0 Å². The van der Waals surface area contributed by atoms with Crippen LogP contribution in [0.3, 0.4) is 0 Å². The molecule has 0 bridgehead atoms. The summed E-state index contributed by atoms with van der Waals surface area (Å²) in [6.45, 7) is 7.57. The van der Waals surface area contributed by atoms with Gasteiger partial charge in [0.25, 0.3) is 0 Å². The van der Waals surface area contributed by atoms with E-state index >= 15 is 0 Å². The molecule has 0 aliphatic rings. The Kier molecular flexibility index (Phi) is 51.5. The Morgan fingerprint density at radius 3 is 1.14 bits per heavy atom. The molecule has 0 amide bonds. The molecule has 366 valence electrons. The monoisotopic (exact) mass is 889 g/mol.